The number of rotatable bonds is 4. The summed E-state index contributed by atoms with van der Waals surface area (Å²) >= 11 is 0. The molecule has 2 aromatic heterocycles. The zero-order valence-corrected chi connectivity index (χ0v) is 29.0. The molecule has 0 spiro atoms. The Morgan fingerprint density at radius 1 is 0.385 bits per heavy atom. The number of fused-ring (bicyclic) bond motifs is 10. The molecular weight excluding hydrogens is 652 g/mol. The van der Waals surface area contributed by atoms with Crippen molar-refractivity contribution in [3.63, 3.8) is 0 Å². The smallest absolute Gasteiger partial charge is 0.172 e. The van der Waals surface area contributed by atoms with Crippen LogP contribution in [-0.2, 0) is 4.57 Å². The van der Waals surface area contributed by atoms with E-state index in [0.29, 0.717) is 0 Å². The van der Waals surface area contributed by atoms with Gasteiger partial charge in [0.25, 0.3) is 0 Å². The van der Waals surface area contributed by atoms with E-state index in [1.165, 1.54) is 32.8 Å². The van der Waals surface area contributed by atoms with Gasteiger partial charge in [-0.15, -0.1) is 0 Å². The van der Waals surface area contributed by atoms with Crippen molar-refractivity contribution in [3.05, 3.63) is 188 Å². The summed E-state index contributed by atoms with van der Waals surface area (Å²) in [6, 6.07) is 66.2. The summed E-state index contributed by atoms with van der Waals surface area (Å²) in [7, 11) is -3.08. The van der Waals surface area contributed by atoms with Crippen molar-refractivity contribution < 1.29 is 4.57 Å². The Balaban J connectivity index is 1.11. The second kappa shape index (κ2) is 11.0. The molecule has 0 aliphatic carbocycles. The van der Waals surface area contributed by atoms with Crippen molar-refractivity contribution in [1.29, 1.82) is 0 Å². The van der Waals surface area contributed by atoms with Crippen molar-refractivity contribution in [3.8, 4) is 33.6 Å². The molecule has 1 unspecified atom stereocenters. The summed E-state index contributed by atoms with van der Waals surface area (Å²) in [6.07, 6.45) is 0. The maximum Gasteiger partial charge on any atom is 0.172 e. The van der Waals surface area contributed by atoms with Crippen LogP contribution in [0.5, 0.6) is 0 Å². The number of nitrogens with zero attached hydrogens (tertiary/aromatic N) is 2. The number of hydrogen-bond donors (Lipinski definition) is 0. The summed E-state index contributed by atoms with van der Waals surface area (Å²) in [6.45, 7) is 0. The minimum Gasteiger partial charge on any atom is -0.309 e. The molecule has 8 aromatic carbocycles. The van der Waals surface area contributed by atoms with Crippen LogP contribution in [0.2, 0.25) is 0 Å². The van der Waals surface area contributed by atoms with Gasteiger partial charge in [-0.1, -0.05) is 133 Å². The summed E-state index contributed by atoms with van der Waals surface area (Å²) in [4.78, 5) is 0. The second-order valence-electron chi connectivity index (χ2n) is 13.6. The Morgan fingerprint density at radius 2 is 0.962 bits per heavy atom. The van der Waals surface area contributed by atoms with Crippen molar-refractivity contribution >= 4 is 66.7 Å². The zero-order valence-electron chi connectivity index (χ0n) is 28.1. The fraction of sp³-hybridized carbons (Fsp3) is 0. The molecular formula is C48H31N2OP. The lowest BCUT2D eigenvalue weighted by molar-refractivity contribution is 0.593. The zero-order chi connectivity index (χ0) is 34.4. The molecule has 1 atom stereocenters. The largest absolute Gasteiger partial charge is 0.309 e. The van der Waals surface area contributed by atoms with E-state index in [-0.39, 0.29) is 0 Å². The molecule has 0 saturated carbocycles. The van der Waals surface area contributed by atoms with Gasteiger partial charge in [0.05, 0.1) is 22.1 Å². The predicted molar refractivity (Wildman–Crippen MR) is 219 cm³/mol. The van der Waals surface area contributed by atoms with Gasteiger partial charge in [-0.05, 0) is 71.3 Å². The van der Waals surface area contributed by atoms with Crippen LogP contribution in [0.3, 0.4) is 0 Å². The first kappa shape index (κ1) is 29.3. The monoisotopic (exact) mass is 682 g/mol. The van der Waals surface area contributed by atoms with E-state index in [1.807, 2.05) is 36.4 Å². The average molecular weight is 683 g/mol. The molecule has 1 aliphatic heterocycles. The van der Waals surface area contributed by atoms with Crippen LogP contribution in [0.4, 0.5) is 0 Å². The fourth-order valence-corrected chi connectivity index (χ4v) is 11.7. The van der Waals surface area contributed by atoms with Crippen molar-refractivity contribution in [2.75, 3.05) is 0 Å². The minimum absolute atomic E-state index is 0.872. The number of hydrogen-bond acceptors (Lipinski definition) is 1. The highest BCUT2D eigenvalue weighted by Crippen LogP contribution is 2.54. The number of para-hydroxylation sites is 3. The van der Waals surface area contributed by atoms with Gasteiger partial charge in [0.1, 0.15) is 0 Å². The molecule has 3 nitrogen and oxygen atoms in total. The van der Waals surface area contributed by atoms with Crippen LogP contribution in [0.15, 0.2) is 188 Å². The Morgan fingerprint density at radius 3 is 1.73 bits per heavy atom. The van der Waals surface area contributed by atoms with Gasteiger partial charge in [-0.3, -0.25) is 0 Å². The molecule has 0 bridgehead atoms. The molecule has 52 heavy (non-hydrogen) atoms. The highest BCUT2D eigenvalue weighted by Gasteiger charge is 2.41. The van der Waals surface area contributed by atoms with Crippen LogP contribution < -0.4 is 15.9 Å². The Hall–Kier alpha value is -6.41. The molecule has 0 N–H and O–H groups in total. The molecule has 4 heteroatoms. The molecule has 3 heterocycles. The molecule has 0 fully saturated rings. The van der Waals surface area contributed by atoms with E-state index in [1.54, 1.807) is 0 Å². The molecule has 244 valence electrons. The quantitative estimate of drug-likeness (QED) is 0.170. The normalized spacial score (nSPS) is 15.1. The third-order valence-corrected chi connectivity index (χ3v) is 14.1. The van der Waals surface area contributed by atoms with Gasteiger partial charge in [-0.25, -0.2) is 0 Å². The van der Waals surface area contributed by atoms with E-state index < -0.39 is 7.14 Å². The van der Waals surface area contributed by atoms with Crippen molar-refractivity contribution in [2.24, 2.45) is 0 Å². The first-order chi connectivity index (χ1) is 25.7. The topological polar surface area (TPSA) is 26.9 Å². The summed E-state index contributed by atoms with van der Waals surface area (Å²) in [5, 5.41) is 7.53. The maximum absolute atomic E-state index is 15.4. The molecule has 1 aliphatic rings. The average Bonchev–Trinajstić information content (AvgIpc) is 3.83. The van der Waals surface area contributed by atoms with Gasteiger partial charge in [0.2, 0.25) is 0 Å². The van der Waals surface area contributed by atoms with E-state index in [4.69, 9.17) is 0 Å². The minimum atomic E-state index is -3.08. The molecule has 0 radical (unpaired) electrons. The number of aromatic nitrogens is 2. The van der Waals surface area contributed by atoms with Crippen LogP contribution >= 0.6 is 7.14 Å². The van der Waals surface area contributed by atoms with Gasteiger partial charge >= 0.3 is 0 Å². The summed E-state index contributed by atoms with van der Waals surface area (Å²) in [5.74, 6) is 0. The van der Waals surface area contributed by atoms with Gasteiger partial charge in [0, 0.05) is 54.4 Å². The lowest BCUT2D eigenvalue weighted by Gasteiger charge is -2.16. The highest BCUT2D eigenvalue weighted by atomic mass is 31.2. The maximum atomic E-state index is 15.4. The van der Waals surface area contributed by atoms with Crippen molar-refractivity contribution in [1.82, 2.24) is 9.13 Å². The number of benzene rings is 8. The van der Waals surface area contributed by atoms with Gasteiger partial charge in [-0.2, -0.15) is 0 Å². The lowest BCUT2D eigenvalue weighted by Crippen LogP contribution is -2.20. The van der Waals surface area contributed by atoms with Crippen LogP contribution in [0.1, 0.15) is 0 Å². The van der Waals surface area contributed by atoms with Crippen molar-refractivity contribution in [2.45, 2.75) is 0 Å². The Kier molecular flexibility index (Phi) is 6.23. The van der Waals surface area contributed by atoms with Crippen LogP contribution in [-0.4, -0.2) is 9.13 Å². The van der Waals surface area contributed by atoms with Gasteiger partial charge in [0.15, 0.2) is 7.14 Å². The lowest BCUT2D eigenvalue weighted by atomic mass is 10.0. The van der Waals surface area contributed by atoms with E-state index in [0.717, 1.165) is 60.4 Å². The van der Waals surface area contributed by atoms with Crippen LogP contribution in [0, 0.1) is 0 Å². The third-order valence-electron chi connectivity index (χ3n) is 10.9. The molecule has 0 amide bonds. The standard InChI is InChI=1S/C48H31N2OP/c51-52(36-15-5-2-6-16-36)45-22-12-9-19-40(45)47-46(52)30-28-39-37-17-7-11-21-43(37)50(48(39)47)35-26-23-32(24-27-35)33-25-29-44-41(31-33)38-18-8-10-20-42(38)49(44)34-13-3-1-4-14-34/h1-31H. The third kappa shape index (κ3) is 4.00. The molecule has 0 saturated heterocycles. The summed E-state index contributed by atoms with van der Waals surface area (Å²) < 4.78 is 20.1. The first-order valence-corrected chi connectivity index (χ1v) is 19.4. The summed E-state index contributed by atoms with van der Waals surface area (Å²) in [5.41, 5.74) is 11.3. The Bertz CT molecular complexity index is 3080. The SMILES string of the molecule is O=P1(c2ccccc2)c2ccccc2-c2c1ccc1c3ccccc3n(-c3ccc(-c4ccc5c(c4)c4ccccc4n5-c4ccccc4)cc3)c21. The fourth-order valence-electron chi connectivity index (χ4n) is 8.66. The van der Waals surface area contributed by atoms with E-state index in [2.05, 4.69) is 161 Å². The second-order valence-corrected chi connectivity index (χ2v) is 16.3. The predicted octanol–water partition coefficient (Wildman–Crippen LogP) is 11.2. The first-order valence-electron chi connectivity index (χ1n) is 17.7. The molecule has 11 rings (SSSR count). The van der Waals surface area contributed by atoms with E-state index >= 15 is 4.57 Å². The van der Waals surface area contributed by atoms with Crippen LogP contribution in [0.25, 0.3) is 77.2 Å². The highest BCUT2D eigenvalue weighted by molar-refractivity contribution is 7.86. The Labute approximate surface area is 301 Å². The van der Waals surface area contributed by atoms with Gasteiger partial charge < -0.3 is 13.7 Å². The van der Waals surface area contributed by atoms with E-state index in [9.17, 15) is 0 Å². The molecule has 10 aromatic rings.